The molecule has 0 unspecified atom stereocenters. The Bertz CT molecular complexity index is 366. The second-order valence-electron chi connectivity index (χ2n) is 4.90. The van der Waals surface area contributed by atoms with Gasteiger partial charge in [-0.1, -0.05) is 20.8 Å². The first-order valence-corrected chi connectivity index (χ1v) is 5.83. The third kappa shape index (κ3) is 4.56. The zero-order valence-corrected chi connectivity index (χ0v) is 11.1. The predicted octanol–water partition coefficient (Wildman–Crippen LogP) is 2.05. The maximum Gasteiger partial charge on any atom is 0.158 e. The fraction of sp³-hybridized carbons (Fsp3) is 0.667. The van der Waals surface area contributed by atoms with Crippen molar-refractivity contribution < 1.29 is 4.74 Å². The minimum absolute atomic E-state index is 0.237. The van der Waals surface area contributed by atoms with Gasteiger partial charge in [0.1, 0.15) is 18.2 Å². The number of nitrogens with one attached hydrogen (secondary N) is 1. The molecular weight excluding hydrogens is 216 g/mol. The van der Waals surface area contributed by atoms with Gasteiger partial charge in [0, 0.05) is 19.7 Å². The van der Waals surface area contributed by atoms with Crippen molar-refractivity contribution in [2.45, 2.75) is 33.8 Å². The molecule has 0 bridgehead atoms. The molecule has 0 saturated carbocycles. The maximum atomic E-state index is 5.71. The molecule has 0 spiro atoms. The summed E-state index contributed by atoms with van der Waals surface area (Å²) in [5.41, 5.74) is 5.95. The van der Waals surface area contributed by atoms with Gasteiger partial charge in [-0.15, -0.1) is 0 Å². The van der Waals surface area contributed by atoms with E-state index in [1.165, 1.54) is 0 Å². The molecule has 0 aliphatic heterocycles. The summed E-state index contributed by atoms with van der Waals surface area (Å²) in [6, 6.07) is 1.74. The monoisotopic (exact) mass is 238 g/mol. The van der Waals surface area contributed by atoms with E-state index in [0.29, 0.717) is 18.2 Å². The molecule has 0 saturated heterocycles. The minimum atomic E-state index is 0.237. The number of hydrogen-bond donors (Lipinski definition) is 2. The van der Waals surface area contributed by atoms with Gasteiger partial charge in [0.2, 0.25) is 0 Å². The highest BCUT2D eigenvalue weighted by atomic mass is 16.5. The molecule has 5 heteroatoms. The van der Waals surface area contributed by atoms with E-state index < -0.39 is 0 Å². The molecule has 1 aromatic heterocycles. The maximum absolute atomic E-state index is 5.71. The number of methoxy groups -OCH3 is 1. The first-order chi connectivity index (χ1) is 7.96. The van der Waals surface area contributed by atoms with Crippen LogP contribution in [-0.4, -0.2) is 23.6 Å². The number of anilines is 2. The van der Waals surface area contributed by atoms with Crippen molar-refractivity contribution in [2.75, 3.05) is 24.7 Å². The highest BCUT2D eigenvalue weighted by Gasteiger charge is 2.15. The second kappa shape index (κ2) is 5.82. The average molecular weight is 238 g/mol. The molecule has 1 rings (SSSR count). The standard InChI is InChI=1S/C12H22N4O/c1-5-12(2,3)8-14-10-6-9(13)15-11(16-10)7-17-4/h6H,5,7-8H2,1-4H3,(H3,13,14,15,16). The van der Waals surface area contributed by atoms with Gasteiger partial charge in [-0.2, -0.15) is 0 Å². The molecule has 96 valence electrons. The number of hydrogen-bond acceptors (Lipinski definition) is 5. The Labute approximate surface area is 103 Å². The molecule has 0 atom stereocenters. The van der Waals surface area contributed by atoms with Gasteiger partial charge in [0.05, 0.1) is 0 Å². The number of nitrogens with zero attached hydrogens (tertiary/aromatic N) is 2. The largest absolute Gasteiger partial charge is 0.384 e. The Kier molecular flexibility index (Phi) is 4.69. The van der Waals surface area contributed by atoms with Crippen molar-refractivity contribution in [3.8, 4) is 0 Å². The van der Waals surface area contributed by atoms with E-state index in [-0.39, 0.29) is 5.41 Å². The van der Waals surface area contributed by atoms with Crippen LogP contribution in [0.3, 0.4) is 0 Å². The SMILES string of the molecule is CCC(C)(C)CNc1cc(N)nc(COC)n1. The zero-order valence-electron chi connectivity index (χ0n) is 11.1. The summed E-state index contributed by atoms with van der Waals surface area (Å²) in [6.07, 6.45) is 1.10. The summed E-state index contributed by atoms with van der Waals surface area (Å²) in [5, 5.41) is 3.29. The highest BCUT2D eigenvalue weighted by Crippen LogP contribution is 2.20. The number of ether oxygens (including phenoxy) is 1. The lowest BCUT2D eigenvalue weighted by molar-refractivity contribution is 0.178. The average Bonchev–Trinajstić information content (AvgIpc) is 2.26. The predicted molar refractivity (Wildman–Crippen MR) is 69.7 cm³/mol. The zero-order chi connectivity index (χ0) is 12.9. The number of aromatic nitrogens is 2. The minimum Gasteiger partial charge on any atom is -0.384 e. The van der Waals surface area contributed by atoms with Crippen molar-refractivity contribution in [1.82, 2.24) is 9.97 Å². The van der Waals surface area contributed by atoms with Crippen molar-refractivity contribution >= 4 is 11.6 Å². The van der Waals surface area contributed by atoms with Crippen LogP contribution < -0.4 is 11.1 Å². The van der Waals surface area contributed by atoms with E-state index >= 15 is 0 Å². The molecule has 0 aliphatic carbocycles. The van der Waals surface area contributed by atoms with Crippen LogP contribution in [0.5, 0.6) is 0 Å². The van der Waals surface area contributed by atoms with Gasteiger partial charge in [-0.25, -0.2) is 9.97 Å². The van der Waals surface area contributed by atoms with Crippen LogP contribution in [0, 0.1) is 5.41 Å². The van der Waals surface area contributed by atoms with Crippen LogP contribution in [0.4, 0.5) is 11.6 Å². The number of nitrogen functional groups attached to an aromatic ring is 1. The molecule has 1 heterocycles. The molecule has 0 aromatic carbocycles. The van der Waals surface area contributed by atoms with E-state index in [1.807, 2.05) is 0 Å². The molecule has 0 radical (unpaired) electrons. The Morgan fingerprint density at radius 3 is 2.71 bits per heavy atom. The molecule has 0 fully saturated rings. The van der Waals surface area contributed by atoms with E-state index in [2.05, 4.69) is 36.1 Å². The van der Waals surface area contributed by atoms with E-state index in [0.717, 1.165) is 18.8 Å². The Balaban J connectivity index is 2.70. The Hall–Kier alpha value is -1.36. The summed E-state index contributed by atoms with van der Waals surface area (Å²) >= 11 is 0. The Morgan fingerprint density at radius 2 is 2.12 bits per heavy atom. The van der Waals surface area contributed by atoms with Crippen LogP contribution in [-0.2, 0) is 11.3 Å². The summed E-state index contributed by atoms with van der Waals surface area (Å²) < 4.78 is 5.00. The summed E-state index contributed by atoms with van der Waals surface area (Å²) in [4.78, 5) is 8.42. The van der Waals surface area contributed by atoms with Crippen LogP contribution in [0.2, 0.25) is 0 Å². The molecule has 1 aromatic rings. The summed E-state index contributed by atoms with van der Waals surface area (Å²) in [6.45, 7) is 7.82. The summed E-state index contributed by atoms with van der Waals surface area (Å²) in [5.74, 6) is 1.82. The van der Waals surface area contributed by atoms with Crippen molar-refractivity contribution in [1.29, 1.82) is 0 Å². The molecule has 3 N–H and O–H groups in total. The van der Waals surface area contributed by atoms with E-state index in [4.69, 9.17) is 10.5 Å². The lowest BCUT2D eigenvalue weighted by Gasteiger charge is -2.23. The molecule has 17 heavy (non-hydrogen) atoms. The summed E-state index contributed by atoms with van der Waals surface area (Å²) in [7, 11) is 1.61. The number of rotatable bonds is 6. The molecule has 0 amide bonds. The van der Waals surface area contributed by atoms with Crippen LogP contribution in [0.25, 0.3) is 0 Å². The van der Waals surface area contributed by atoms with Gasteiger partial charge in [0.25, 0.3) is 0 Å². The van der Waals surface area contributed by atoms with Gasteiger partial charge >= 0.3 is 0 Å². The van der Waals surface area contributed by atoms with Gasteiger partial charge in [0.15, 0.2) is 5.82 Å². The molecule has 0 aliphatic rings. The van der Waals surface area contributed by atoms with Crippen molar-refractivity contribution in [3.63, 3.8) is 0 Å². The van der Waals surface area contributed by atoms with Crippen molar-refractivity contribution in [2.24, 2.45) is 5.41 Å². The lowest BCUT2D eigenvalue weighted by Crippen LogP contribution is -2.22. The normalized spacial score (nSPS) is 11.5. The number of nitrogens with two attached hydrogens (primary N) is 1. The van der Waals surface area contributed by atoms with Crippen LogP contribution in [0.15, 0.2) is 6.07 Å². The smallest absolute Gasteiger partial charge is 0.158 e. The van der Waals surface area contributed by atoms with Crippen LogP contribution in [0.1, 0.15) is 33.0 Å². The quantitative estimate of drug-likeness (QED) is 0.793. The third-order valence-electron chi connectivity index (χ3n) is 2.77. The molecular formula is C12H22N4O. The molecule has 5 nitrogen and oxygen atoms in total. The third-order valence-corrected chi connectivity index (χ3v) is 2.77. The fourth-order valence-electron chi connectivity index (χ4n) is 1.26. The van der Waals surface area contributed by atoms with Gasteiger partial charge in [-0.05, 0) is 11.8 Å². The second-order valence-corrected chi connectivity index (χ2v) is 4.90. The van der Waals surface area contributed by atoms with E-state index in [1.54, 1.807) is 13.2 Å². The highest BCUT2D eigenvalue weighted by molar-refractivity contribution is 5.44. The lowest BCUT2D eigenvalue weighted by atomic mass is 9.90. The van der Waals surface area contributed by atoms with Crippen molar-refractivity contribution in [3.05, 3.63) is 11.9 Å². The van der Waals surface area contributed by atoms with Crippen LogP contribution >= 0.6 is 0 Å². The first-order valence-electron chi connectivity index (χ1n) is 5.83. The van der Waals surface area contributed by atoms with Gasteiger partial charge < -0.3 is 15.8 Å². The first kappa shape index (κ1) is 13.7. The van der Waals surface area contributed by atoms with Gasteiger partial charge in [-0.3, -0.25) is 0 Å². The fourth-order valence-corrected chi connectivity index (χ4v) is 1.26. The Morgan fingerprint density at radius 1 is 1.41 bits per heavy atom. The van der Waals surface area contributed by atoms with E-state index in [9.17, 15) is 0 Å². The topological polar surface area (TPSA) is 73.1 Å².